The van der Waals surface area contributed by atoms with Crippen molar-refractivity contribution in [1.29, 1.82) is 0 Å². The van der Waals surface area contributed by atoms with Crippen LogP contribution in [-0.2, 0) is 6.54 Å². The second kappa shape index (κ2) is 5.44. The van der Waals surface area contributed by atoms with Gasteiger partial charge in [-0.05, 0) is 39.2 Å². The Kier molecular flexibility index (Phi) is 3.91. The molecule has 1 aromatic rings. The highest BCUT2D eigenvalue weighted by atomic mass is 16.6. The van der Waals surface area contributed by atoms with Crippen LogP contribution in [0.3, 0.4) is 0 Å². The van der Waals surface area contributed by atoms with Gasteiger partial charge in [-0.25, -0.2) is 0 Å². The Morgan fingerprint density at radius 1 is 1.50 bits per heavy atom. The van der Waals surface area contributed by atoms with Gasteiger partial charge < -0.3 is 5.32 Å². The molecule has 0 amide bonds. The molecule has 0 atom stereocenters. The fourth-order valence-electron chi connectivity index (χ4n) is 2.32. The van der Waals surface area contributed by atoms with Crippen molar-refractivity contribution in [3.8, 4) is 0 Å². The Balaban J connectivity index is 2.03. The van der Waals surface area contributed by atoms with Crippen molar-refractivity contribution < 1.29 is 4.92 Å². The average molecular weight is 249 g/mol. The van der Waals surface area contributed by atoms with Gasteiger partial charge in [-0.15, -0.1) is 0 Å². The van der Waals surface area contributed by atoms with E-state index in [-0.39, 0.29) is 10.6 Å². The molecule has 1 saturated carbocycles. The number of pyridine rings is 1. The summed E-state index contributed by atoms with van der Waals surface area (Å²) in [6.07, 6.45) is 5.52. The molecule has 1 fully saturated rings. The van der Waals surface area contributed by atoms with Gasteiger partial charge in [-0.1, -0.05) is 6.42 Å². The summed E-state index contributed by atoms with van der Waals surface area (Å²) in [5.74, 6) is 0.783. The molecular formula is C13H19N3O2. The Morgan fingerprint density at radius 2 is 2.22 bits per heavy atom. The summed E-state index contributed by atoms with van der Waals surface area (Å²) < 4.78 is 0. The van der Waals surface area contributed by atoms with Crippen molar-refractivity contribution in [3.05, 3.63) is 33.1 Å². The lowest BCUT2D eigenvalue weighted by Crippen LogP contribution is -2.27. The third-order valence-corrected chi connectivity index (χ3v) is 3.71. The van der Waals surface area contributed by atoms with Gasteiger partial charge >= 0.3 is 0 Å². The first-order valence-corrected chi connectivity index (χ1v) is 6.39. The summed E-state index contributed by atoms with van der Waals surface area (Å²) in [7, 11) is 0. The number of nitrogens with one attached hydrogen (secondary N) is 1. The highest BCUT2D eigenvalue weighted by molar-refractivity contribution is 5.47. The van der Waals surface area contributed by atoms with Crippen LogP contribution in [0.1, 0.15) is 36.1 Å². The molecule has 0 bridgehead atoms. The second-order valence-corrected chi connectivity index (χ2v) is 5.05. The molecular weight excluding hydrogens is 230 g/mol. The molecule has 1 aromatic heterocycles. The van der Waals surface area contributed by atoms with Gasteiger partial charge in [-0.2, -0.15) is 0 Å². The van der Waals surface area contributed by atoms with Gasteiger partial charge in [0.2, 0.25) is 0 Å². The third-order valence-electron chi connectivity index (χ3n) is 3.71. The van der Waals surface area contributed by atoms with E-state index in [1.165, 1.54) is 19.3 Å². The van der Waals surface area contributed by atoms with E-state index < -0.39 is 0 Å². The molecule has 0 unspecified atom stereocenters. The summed E-state index contributed by atoms with van der Waals surface area (Å²) in [4.78, 5) is 15.0. The molecule has 0 spiro atoms. The van der Waals surface area contributed by atoms with Crippen LogP contribution in [0.5, 0.6) is 0 Å². The largest absolute Gasteiger partial charge is 0.311 e. The normalized spacial score (nSPS) is 15.4. The Hall–Kier alpha value is -1.49. The first kappa shape index (κ1) is 13.0. The minimum absolute atomic E-state index is 0.199. The van der Waals surface area contributed by atoms with Crippen LogP contribution in [0.25, 0.3) is 0 Å². The quantitative estimate of drug-likeness (QED) is 0.643. The van der Waals surface area contributed by atoms with E-state index in [0.29, 0.717) is 17.7 Å². The first-order chi connectivity index (χ1) is 8.59. The molecule has 2 rings (SSSR count). The average Bonchev–Trinajstić information content (AvgIpc) is 2.24. The fraction of sp³-hybridized carbons (Fsp3) is 0.615. The molecule has 1 N–H and O–H groups in total. The summed E-state index contributed by atoms with van der Waals surface area (Å²) in [6.45, 7) is 5.11. The van der Waals surface area contributed by atoms with E-state index in [0.717, 1.165) is 18.2 Å². The highest BCUT2D eigenvalue weighted by Gasteiger charge is 2.20. The standard InChI is InChI=1S/C13H19N3O2/c1-9-6-15-12(10(2)13(9)16(17)18)8-14-7-11-4-3-5-11/h6,11,14H,3-5,7-8H2,1-2H3. The van der Waals surface area contributed by atoms with Crippen molar-refractivity contribution in [2.24, 2.45) is 5.92 Å². The van der Waals surface area contributed by atoms with Crippen molar-refractivity contribution in [2.75, 3.05) is 6.54 Å². The first-order valence-electron chi connectivity index (χ1n) is 6.39. The third kappa shape index (κ3) is 2.67. The lowest BCUT2D eigenvalue weighted by Gasteiger charge is -2.25. The van der Waals surface area contributed by atoms with Gasteiger partial charge in [0, 0.05) is 23.9 Å². The maximum absolute atomic E-state index is 11.0. The minimum Gasteiger partial charge on any atom is -0.311 e. The highest BCUT2D eigenvalue weighted by Crippen LogP contribution is 2.26. The van der Waals surface area contributed by atoms with Crippen molar-refractivity contribution in [2.45, 2.75) is 39.7 Å². The van der Waals surface area contributed by atoms with Crippen LogP contribution in [-0.4, -0.2) is 16.5 Å². The van der Waals surface area contributed by atoms with Crippen molar-refractivity contribution >= 4 is 5.69 Å². The summed E-state index contributed by atoms with van der Waals surface area (Å²) in [6, 6.07) is 0. The molecule has 5 nitrogen and oxygen atoms in total. The Labute approximate surface area is 107 Å². The molecule has 0 saturated heterocycles. The Bertz CT molecular complexity index is 456. The SMILES string of the molecule is Cc1cnc(CNCC2CCC2)c(C)c1[N+](=O)[O-]. The fourth-order valence-corrected chi connectivity index (χ4v) is 2.32. The molecule has 1 heterocycles. The van der Waals surface area contributed by atoms with Gasteiger partial charge in [0.05, 0.1) is 10.6 Å². The van der Waals surface area contributed by atoms with Crippen LogP contribution < -0.4 is 5.32 Å². The summed E-state index contributed by atoms with van der Waals surface area (Å²) >= 11 is 0. The number of rotatable bonds is 5. The number of hydrogen-bond acceptors (Lipinski definition) is 4. The maximum atomic E-state index is 11.0. The molecule has 1 aliphatic rings. The van der Waals surface area contributed by atoms with E-state index in [2.05, 4.69) is 10.3 Å². The van der Waals surface area contributed by atoms with Gasteiger partial charge in [0.25, 0.3) is 5.69 Å². The predicted molar refractivity (Wildman–Crippen MR) is 69.4 cm³/mol. The monoisotopic (exact) mass is 249 g/mol. The number of aromatic nitrogens is 1. The van der Waals surface area contributed by atoms with Gasteiger partial charge in [0.15, 0.2) is 0 Å². The van der Waals surface area contributed by atoms with Gasteiger partial charge in [-0.3, -0.25) is 15.1 Å². The van der Waals surface area contributed by atoms with E-state index in [1.54, 1.807) is 20.0 Å². The smallest absolute Gasteiger partial charge is 0.278 e. The van der Waals surface area contributed by atoms with Gasteiger partial charge in [0.1, 0.15) is 0 Å². The van der Waals surface area contributed by atoms with Crippen LogP contribution in [0.15, 0.2) is 6.20 Å². The van der Waals surface area contributed by atoms with E-state index >= 15 is 0 Å². The molecule has 0 aromatic carbocycles. The lowest BCUT2D eigenvalue weighted by atomic mass is 9.85. The summed E-state index contributed by atoms with van der Waals surface area (Å²) in [5, 5.41) is 14.3. The van der Waals surface area contributed by atoms with Crippen LogP contribution in [0.2, 0.25) is 0 Å². The molecule has 5 heteroatoms. The summed E-state index contributed by atoms with van der Waals surface area (Å²) in [5.41, 5.74) is 2.29. The number of hydrogen-bond donors (Lipinski definition) is 1. The molecule has 18 heavy (non-hydrogen) atoms. The van der Waals surface area contributed by atoms with E-state index in [1.807, 2.05) is 0 Å². The second-order valence-electron chi connectivity index (χ2n) is 5.05. The predicted octanol–water partition coefficient (Wildman–Crippen LogP) is 2.50. The minimum atomic E-state index is -0.318. The van der Waals surface area contributed by atoms with E-state index in [4.69, 9.17) is 0 Å². The van der Waals surface area contributed by atoms with Crippen LogP contribution in [0, 0.1) is 29.9 Å². The number of nitro groups is 1. The zero-order valence-corrected chi connectivity index (χ0v) is 10.9. The van der Waals surface area contributed by atoms with E-state index in [9.17, 15) is 10.1 Å². The van der Waals surface area contributed by atoms with Crippen LogP contribution in [0.4, 0.5) is 5.69 Å². The zero-order valence-electron chi connectivity index (χ0n) is 10.9. The maximum Gasteiger partial charge on any atom is 0.278 e. The topological polar surface area (TPSA) is 68.1 Å². The lowest BCUT2D eigenvalue weighted by molar-refractivity contribution is -0.386. The zero-order chi connectivity index (χ0) is 13.1. The molecule has 0 radical (unpaired) electrons. The van der Waals surface area contributed by atoms with Crippen molar-refractivity contribution in [3.63, 3.8) is 0 Å². The molecule has 1 aliphatic carbocycles. The number of nitrogens with zero attached hydrogens (tertiary/aromatic N) is 2. The Morgan fingerprint density at radius 3 is 2.78 bits per heavy atom. The molecule has 0 aliphatic heterocycles. The van der Waals surface area contributed by atoms with Crippen LogP contribution >= 0.6 is 0 Å². The number of aryl methyl sites for hydroxylation is 1. The van der Waals surface area contributed by atoms with Crippen molar-refractivity contribution in [1.82, 2.24) is 10.3 Å². The molecule has 98 valence electrons.